The smallest absolute Gasteiger partial charge is 0.416 e. The van der Waals surface area contributed by atoms with Crippen molar-refractivity contribution < 1.29 is 27.5 Å². The zero-order valence-corrected chi connectivity index (χ0v) is 18.8. The Balaban J connectivity index is 1.58. The highest BCUT2D eigenvalue weighted by Gasteiger charge is 2.31. The van der Waals surface area contributed by atoms with Crippen LogP contribution in [-0.4, -0.2) is 29.9 Å². The third-order valence-electron chi connectivity index (χ3n) is 4.78. The maximum absolute atomic E-state index is 12.9. The summed E-state index contributed by atoms with van der Waals surface area (Å²) in [6, 6.07) is 21.7. The van der Waals surface area contributed by atoms with Gasteiger partial charge < -0.3 is 10.1 Å². The van der Waals surface area contributed by atoms with Gasteiger partial charge in [0.15, 0.2) is 6.61 Å². The van der Waals surface area contributed by atoms with Crippen LogP contribution in [0.2, 0.25) is 5.02 Å². The Morgan fingerprint density at radius 2 is 1.44 bits per heavy atom. The van der Waals surface area contributed by atoms with Gasteiger partial charge in [0.2, 0.25) is 0 Å². The highest BCUT2D eigenvalue weighted by atomic mass is 35.5. The van der Waals surface area contributed by atoms with Crippen molar-refractivity contribution in [2.45, 2.75) is 19.3 Å². The van der Waals surface area contributed by atoms with Crippen molar-refractivity contribution in [3.8, 4) is 0 Å². The van der Waals surface area contributed by atoms with Gasteiger partial charge >= 0.3 is 12.1 Å². The summed E-state index contributed by atoms with van der Waals surface area (Å²) >= 11 is 5.88. The van der Waals surface area contributed by atoms with E-state index in [1.165, 1.54) is 0 Å². The zero-order valence-electron chi connectivity index (χ0n) is 18.0. The van der Waals surface area contributed by atoms with E-state index in [2.05, 4.69) is 5.32 Å². The van der Waals surface area contributed by atoms with Gasteiger partial charge in [-0.05, 0) is 29.3 Å². The molecule has 0 saturated carbocycles. The van der Waals surface area contributed by atoms with Crippen LogP contribution < -0.4 is 5.32 Å². The predicted molar refractivity (Wildman–Crippen MR) is 123 cm³/mol. The van der Waals surface area contributed by atoms with Crippen LogP contribution in [0.4, 0.5) is 18.9 Å². The van der Waals surface area contributed by atoms with Gasteiger partial charge in [0.25, 0.3) is 5.91 Å². The number of ether oxygens (including phenoxy) is 1. The Kier molecular flexibility index (Phi) is 8.67. The van der Waals surface area contributed by atoms with Crippen LogP contribution in [0, 0.1) is 0 Å². The van der Waals surface area contributed by atoms with Gasteiger partial charge in [-0.3, -0.25) is 14.5 Å². The minimum atomic E-state index is -4.59. The lowest BCUT2D eigenvalue weighted by Crippen LogP contribution is -2.32. The largest absolute Gasteiger partial charge is 0.455 e. The summed E-state index contributed by atoms with van der Waals surface area (Å²) in [5.74, 6) is -1.44. The molecule has 0 aliphatic rings. The van der Waals surface area contributed by atoms with Crippen molar-refractivity contribution in [1.29, 1.82) is 0 Å². The number of esters is 1. The summed E-state index contributed by atoms with van der Waals surface area (Å²) in [5, 5.41) is 2.18. The van der Waals surface area contributed by atoms with Crippen LogP contribution in [0.1, 0.15) is 16.7 Å². The molecule has 0 aliphatic carbocycles. The van der Waals surface area contributed by atoms with Crippen molar-refractivity contribution >= 4 is 29.2 Å². The fraction of sp³-hybridized carbons (Fsp3) is 0.200. The normalized spacial score (nSPS) is 11.3. The van der Waals surface area contributed by atoms with Crippen molar-refractivity contribution in [2.24, 2.45) is 0 Å². The molecule has 0 spiro atoms. The third-order valence-corrected chi connectivity index (χ3v) is 5.11. The van der Waals surface area contributed by atoms with E-state index in [9.17, 15) is 22.8 Å². The fourth-order valence-corrected chi connectivity index (χ4v) is 3.37. The van der Waals surface area contributed by atoms with Crippen molar-refractivity contribution in [2.75, 3.05) is 18.5 Å². The number of amides is 1. The average Bonchev–Trinajstić information content (AvgIpc) is 2.80. The van der Waals surface area contributed by atoms with Crippen molar-refractivity contribution in [1.82, 2.24) is 4.90 Å². The topological polar surface area (TPSA) is 58.6 Å². The summed E-state index contributed by atoms with van der Waals surface area (Å²) < 4.78 is 43.7. The number of alkyl halides is 3. The molecule has 0 heterocycles. The van der Waals surface area contributed by atoms with Crippen LogP contribution in [0.3, 0.4) is 0 Å². The number of carbonyl (C=O) groups is 2. The van der Waals surface area contributed by atoms with Crippen LogP contribution in [0.5, 0.6) is 0 Å². The molecule has 0 radical (unpaired) electrons. The molecule has 0 saturated heterocycles. The molecule has 0 bridgehead atoms. The maximum Gasteiger partial charge on any atom is 0.416 e. The average molecular weight is 491 g/mol. The Hall–Kier alpha value is -3.36. The second-order valence-corrected chi connectivity index (χ2v) is 7.92. The fourth-order valence-electron chi connectivity index (χ4n) is 3.21. The summed E-state index contributed by atoms with van der Waals surface area (Å²) in [4.78, 5) is 26.5. The lowest BCUT2D eigenvalue weighted by Gasteiger charge is -2.21. The Bertz CT molecular complexity index is 1070. The van der Waals surface area contributed by atoms with Gasteiger partial charge in [-0.15, -0.1) is 0 Å². The van der Waals surface area contributed by atoms with E-state index >= 15 is 0 Å². The maximum atomic E-state index is 12.9. The predicted octanol–water partition coefficient (Wildman–Crippen LogP) is 5.54. The van der Waals surface area contributed by atoms with Gasteiger partial charge in [-0.25, -0.2) is 0 Å². The number of nitrogens with zero attached hydrogens (tertiary/aromatic N) is 1. The molecule has 0 unspecified atom stereocenters. The summed E-state index contributed by atoms with van der Waals surface area (Å²) in [6.45, 7) is 0.227. The molecule has 0 aliphatic heterocycles. The van der Waals surface area contributed by atoms with E-state index in [-0.39, 0.29) is 17.3 Å². The number of hydrogen-bond donors (Lipinski definition) is 1. The first-order valence-corrected chi connectivity index (χ1v) is 10.7. The van der Waals surface area contributed by atoms with Gasteiger partial charge in [0.1, 0.15) is 0 Å². The Labute approximate surface area is 200 Å². The van der Waals surface area contributed by atoms with Gasteiger partial charge in [-0.2, -0.15) is 13.2 Å². The number of anilines is 1. The monoisotopic (exact) mass is 490 g/mol. The molecule has 1 N–H and O–H groups in total. The first kappa shape index (κ1) is 25.3. The Morgan fingerprint density at radius 1 is 0.882 bits per heavy atom. The molecule has 0 atom stereocenters. The molecule has 5 nitrogen and oxygen atoms in total. The SMILES string of the molecule is O=C(COC(=O)CN(Cc1ccccc1)Cc1ccccc1)Nc1cc(C(F)(F)F)ccc1Cl. The number of carbonyl (C=O) groups excluding carboxylic acids is 2. The van der Waals surface area contributed by atoms with E-state index in [0.29, 0.717) is 13.1 Å². The molecular weight excluding hydrogens is 469 g/mol. The lowest BCUT2D eigenvalue weighted by atomic mass is 10.1. The van der Waals surface area contributed by atoms with Gasteiger partial charge in [0, 0.05) is 13.1 Å². The molecule has 178 valence electrons. The zero-order chi connectivity index (χ0) is 24.6. The Morgan fingerprint density at radius 3 is 1.97 bits per heavy atom. The molecular formula is C25H22ClF3N2O3. The molecule has 1 amide bonds. The van der Waals surface area contributed by atoms with Crippen LogP contribution >= 0.6 is 11.6 Å². The van der Waals surface area contributed by atoms with Crippen LogP contribution in [0.15, 0.2) is 78.9 Å². The number of hydrogen-bond acceptors (Lipinski definition) is 4. The van der Waals surface area contributed by atoms with Crippen LogP contribution in [0.25, 0.3) is 0 Å². The highest BCUT2D eigenvalue weighted by Crippen LogP contribution is 2.33. The van der Waals surface area contributed by atoms with Crippen molar-refractivity contribution in [3.63, 3.8) is 0 Å². The standard InChI is InChI=1S/C25H22ClF3N2O3/c26-21-12-11-20(25(27,28)29)13-22(21)30-23(32)17-34-24(33)16-31(14-18-7-3-1-4-8-18)15-19-9-5-2-6-10-19/h1-13H,14-17H2,(H,30,32). The minimum absolute atomic E-state index is 0.0652. The molecule has 0 aromatic heterocycles. The van der Waals surface area contributed by atoms with Crippen molar-refractivity contribution in [3.05, 3.63) is 101 Å². The lowest BCUT2D eigenvalue weighted by molar-refractivity contribution is -0.148. The number of benzene rings is 3. The van der Waals surface area contributed by atoms with E-state index in [0.717, 1.165) is 29.3 Å². The minimum Gasteiger partial charge on any atom is -0.455 e. The van der Waals surface area contributed by atoms with E-state index in [1.807, 2.05) is 65.6 Å². The molecule has 34 heavy (non-hydrogen) atoms. The molecule has 3 rings (SSSR count). The number of halogens is 4. The first-order chi connectivity index (χ1) is 16.2. The molecule has 0 fully saturated rings. The van der Waals surface area contributed by atoms with Gasteiger partial charge in [0.05, 0.1) is 22.8 Å². The third kappa shape index (κ3) is 7.90. The first-order valence-electron chi connectivity index (χ1n) is 10.3. The number of rotatable bonds is 9. The van der Waals surface area contributed by atoms with Gasteiger partial charge in [-0.1, -0.05) is 72.3 Å². The van der Waals surface area contributed by atoms with E-state index in [4.69, 9.17) is 16.3 Å². The second-order valence-electron chi connectivity index (χ2n) is 7.52. The van der Waals surface area contributed by atoms with Crippen LogP contribution in [-0.2, 0) is 33.6 Å². The molecule has 3 aromatic rings. The van der Waals surface area contributed by atoms with E-state index < -0.39 is 30.2 Å². The summed E-state index contributed by atoms with van der Waals surface area (Å²) in [6.07, 6.45) is -4.59. The van der Waals surface area contributed by atoms with E-state index in [1.54, 1.807) is 0 Å². The molecule has 9 heteroatoms. The second kappa shape index (κ2) is 11.7. The molecule has 3 aromatic carbocycles. The quantitative estimate of drug-likeness (QED) is 0.400. The highest BCUT2D eigenvalue weighted by molar-refractivity contribution is 6.33. The summed E-state index contributed by atoms with van der Waals surface area (Å²) in [7, 11) is 0. The summed E-state index contributed by atoms with van der Waals surface area (Å²) in [5.41, 5.74) is 0.834. The number of nitrogens with one attached hydrogen (secondary N) is 1.